The van der Waals surface area contributed by atoms with Crippen molar-refractivity contribution in [2.45, 2.75) is 56.5 Å². The van der Waals surface area contributed by atoms with Gasteiger partial charge in [0.1, 0.15) is 46.6 Å². The van der Waals surface area contributed by atoms with E-state index >= 15 is 13.2 Å². The molecule has 4 aromatic heterocycles. The Morgan fingerprint density at radius 2 is 1.83 bits per heavy atom. The first-order valence-electron chi connectivity index (χ1n) is 15.7. The van der Waals surface area contributed by atoms with Gasteiger partial charge in [-0.1, -0.05) is 18.1 Å². The number of rotatable bonds is 7. The number of pyridine rings is 2. The summed E-state index contributed by atoms with van der Waals surface area (Å²) >= 11 is 0. The van der Waals surface area contributed by atoms with Crippen LogP contribution in [-0.2, 0) is 29.9 Å². The number of H-pyrrole nitrogens is 1. The minimum atomic E-state index is -5.12. The van der Waals surface area contributed by atoms with Gasteiger partial charge in [0.05, 0.1) is 23.0 Å². The summed E-state index contributed by atoms with van der Waals surface area (Å²) in [6.45, 7) is 5.16. The molecule has 1 amide bonds. The molecule has 1 saturated carbocycles. The van der Waals surface area contributed by atoms with Gasteiger partial charge in [-0.25, -0.2) is 23.1 Å². The Morgan fingerprint density at radius 1 is 1.12 bits per heavy atom. The van der Waals surface area contributed by atoms with Crippen LogP contribution in [0.3, 0.4) is 0 Å². The Morgan fingerprint density at radius 3 is 2.50 bits per heavy atom. The van der Waals surface area contributed by atoms with E-state index in [0.717, 1.165) is 12.1 Å². The lowest BCUT2D eigenvalue weighted by atomic mass is 9.95. The second-order valence-electron chi connectivity index (χ2n) is 13.2. The smallest absolute Gasteiger partial charge is 0.378 e. The van der Waals surface area contributed by atoms with Gasteiger partial charge in [-0.3, -0.25) is 9.48 Å². The van der Waals surface area contributed by atoms with Crippen molar-refractivity contribution >= 4 is 16.9 Å². The second kappa shape index (κ2) is 12.0. The molecule has 0 spiro atoms. The van der Waals surface area contributed by atoms with Crippen molar-refractivity contribution in [3.63, 3.8) is 0 Å². The number of hydrogen-bond donors (Lipinski definition) is 3. The van der Waals surface area contributed by atoms with Crippen LogP contribution in [0.4, 0.5) is 35.1 Å². The molecule has 2 aliphatic rings. The highest BCUT2D eigenvalue weighted by Gasteiger charge is 2.71. The van der Waals surface area contributed by atoms with E-state index in [1.54, 1.807) is 0 Å². The number of hydrogen-bond acceptors (Lipinski definition) is 5. The number of aliphatic hydroxyl groups is 1. The van der Waals surface area contributed by atoms with Gasteiger partial charge in [0, 0.05) is 41.1 Å². The molecule has 5 aromatic rings. The van der Waals surface area contributed by atoms with Crippen LogP contribution in [-0.4, -0.2) is 41.3 Å². The Labute approximate surface area is 289 Å². The highest BCUT2D eigenvalue weighted by molar-refractivity contribution is 5.83. The molecule has 2 aliphatic carbocycles. The van der Waals surface area contributed by atoms with Crippen molar-refractivity contribution in [2.24, 2.45) is 5.92 Å². The van der Waals surface area contributed by atoms with Gasteiger partial charge >= 0.3 is 6.18 Å². The largest absolute Gasteiger partial charge is 0.435 e. The summed E-state index contributed by atoms with van der Waals surface area (Å²) in [6.07, 6.45) is -2.90. The van der Waals surface area contributed by atoms with Crippen molar-refractivity contribution in [2.75, 3.05) is 0 Å². The van der Waals surface area contributed by atoms with Crippen LogP contribution < -0.4 is 5.32 Å². The van der Waals surface area contributed by atoms with E-state index in [-0.39, 0.29) is 44.7 Å². The second-order valence-corrected chi connectivity index (χ2v) is 13.2. The van der Waals surface area contributed by atoms with Crippen molar-refractivity contribution < 1.29 is 45.0 Å². The number of amides is 1. The Kier molecular flexibility index (Phi) is 8.05. The zero-order chi connectivity index (χ0) is 37.5. The van der Waals surface area contributed by atoms with Crippen LogP contribution in [0.25, 0.3) is 22.2 Å². The van der Waals surface area contributed by atoms with Crippen LogP contribution in [0.1, 0.15) is 59.7 Å². The molecular formula is C36H26F8N6O2. The lowest BCUT2D eigenvalue weighted by Crippen LogP contribution is -2.35. The number of nitrogens with zero attached hydrogens (tertiary/aromatic N) is 4. The van der Waals surface area contributed by atoms with Crippen molar-refractivity contribution in [3.8, 4) is 23.0 Å². The minimum absolute atomic E-state index is 0.0143. The molecule has 7 rings (SSSR count). The maximum Gasteiger partial charge on any atom is 0.435 e. The third-order valence-electron chi connectivity index (χ3n) is 8.85. The van der Waals surface area contributed by atoms with Crippen molar-refractivity contribution in [1.82, 2.24) is 30.0 Å². The predicted molar refractivity (Wildman–Crippen MR) is 170 cm³/mol. The zero-order valence-corrected chi connectivity index (χ0v) is 27.1. The summed E-state index contributed by atoms with van der Waals surface area (Å²) < 4.78 is 118. The molecule has 8 nitrogen and oxygen atoms in total. The van der Waals surface area contributed by atoms with Gasteiger partial charge in [-0.2, -0.15) is 27.1 Å². The van der Waals surface area contributed by atoms with Gasteiger partial charge in [0.2, 0.25) is 5.91 Å². The number of nitrogens with one attached hydrogen (secondary N) is 2. The van der Waals surface area contributed by atoms with Gasteiger partial charge in [-0.15, -0.1) is 0 Å². The first-order chi connectivity index (χ1) is 24.3. The summed E-state index contributed by atoms with van der Waals surface area (Å²) in [5, 5.41) is 16.2. The average Bonchev–Trinajstić information content (AvgIpc) is 3.34. The molecule has 1 fully saturated rings. The summed E-state index contributed by atoms with van der Waals surface area (Å²) in [5.74, 6) is -5.20. The third kappa shape index (κ3) is 6.19. The van der Waals surface area contributed by atoms with E-state index in [0.29, 0.717) is 10.7 Å². The lowest BCUT2D eigenvalue weighted by molar-refractivity contribution is -0.142. The number of carbonyl (C=O) groups is 1. The van der Waals surface area contributed by atoms with Gasteiger partial charge in [-0.05, 0) is 62.1 Å². The maximum absolute atomic E-state index is 16.0. The molecule has 3 atom stereocenters. The molecule has 16 heteroatoms. The Balaban J connectivity index is 1.34. The molecule has 4 heterocycles. The molecule has 0 bridgehead atoms. The first-order valence-corrected chi connectivity index (χ1v) is 15.7. The maximum atomic E-state index is 16.0. The molecule has 3 N–H and O–H groups in total. The van der Waals surface area contributed by atoms with Crippen LogP contribution in [0.5, 0.6) is 0 Å². The van der Waals surface area contributed by atoms with Crippen LogP contribution >= 0.6 is 0 Å². The van der Waals surface area contributed by atoms with Crippen LogP contribution in [0.2, 0.25) is 0 Å². The number of carbonyl (C=O) groups excluding carboxylic acids is 1. The number of fused-ring (bicyclic) bond motifs is 4. The van der Waals surface area contributed by atoms with E-state index < -0.39 is 88.9 Å². The predicted octanol–water partition coefficient (Wildman–Crippen LogP) is 6.86. The highest BCUT2D eigenvalue weighted by atomic mass is 19.4. The van der Waals surface area contributed by atoms with Crippen molar-refractivity contribution in [3.05, 3.63) is 112 Å². The van der Waals surface area contributed by atoms with E-state index in [4.69, 9.17) is 0 Å². The average molecular weight is 727 g/mol. The quantitative estimate of drug-likeness (QED) is 0.0966. The van der Waals surface area contributed by atoms with E-state index in [9.17, 15) is 31.9 Å². The first kappa shape index (κ1) is 34.9. The minimum Gasteiger partial charge on any atom is -0.378 e. The fourth-order valence-corrected chi connectivity index (χ4v) is 6.68. The zero-order valence-electron chi connectivity index (χ0n) is 27.1. The topological polar surface area (TPSA) is 109 Å². The summed E-state index contributed by atoms with van der Waals surface area (Å²) in [6, 6.07) is 5.33. The Hall–Kier alpha value is -5.56. The number of allylic oxidation sites excluding steroid dienone is 1. The fraction of sp³-hybridized carbons (Fsp3) is 0.278. The standard InChI is InChI=1S/C36H26F8N6O2/c1-16-26-27-31(36(42,43)44)49-50(32(27)35(40,41)28(16)26)15-25(51)48-24(12-17-10-18(37)13-19(38)11-17)30-21(5-4-20(47-30)6-8-34(2,3)52)23-14-46-33-22(29(23)39)7-9-45-33/h4-5,7,9-11,13-14,24,26,28,52H,1,12,15H2,2-3H3,(H,45,46)(H,48,51)/t24-,26+,28+/m0/s1. The molecule has 0 aliphatic heterocycles. The molecule has 0 unspecified atom stereocenters. The third-order valence-corrected chi connectivity index (χ3v) is 8.85. The lowest BCUT2D eigenvalue weighted by Gasteiger charge is -2.23. The number of halogens is 8. The summed E-state index contributed by atoms with van der Waals surface area (Å²) in [4.78, 5) is 25.2. The fourth-order valence-electron chi connectivity index (χ4n) is 6.68. The van der Waals surface area contributed by atoms with Crippen LogP contribution in [0, 0.1) is 35.2 Å². The number of aromatic nitrogens is 5. The van der Waals surface area contributed by atoms with Crippen molar-refractivity contribution in [1.29, 1.82) is 0 Å². The molecule has 1 aromatic carbocycles. The monoisotopic (exact) mass is 726 g/mol. The van der Waals surface area contributed by atoms with Gasteiger partial charge in [0.15, 0.2) is 5.69 Å². The molecule has 0 radical (unpaired) electrons. The summed E-state index contributed by atoms with van der Waals surface area (Å²) in [7, 11) is 0. The molecule has 52 heavy (non-hydrogen) atoms. The summed E-state index contributed by atoms with van der Waals surface area (Å²) in [5.41, 5.74) is -4.89. The molecule has 268 valence electrons. The molecule has 0 saturated heterocycles. The number of alkyl halides is 5. The van der Waals surface area contributed by atoms with Gasteiger partial charge < -0.3 is 15.4 Å². The normalized spacial score (nSPS) is 18.1. The highest BCUT2D eigenvalue weighted by Crippen LogP contribution is 2.71. The number of aromatic amines is 1. The molecular weight excluding hydrogens is 700 g/mol. The Bertz CT molecular complexity index is 2340. The van der Waals surface area contributed by atoms with E-state index in [1.807, 2.05) is 0 Å². The van der Waals surface area contributed by atoms with E-state index in [2.05, 4.69) is 43.8 Å². The SMILES string of the molecule is C=C1[C@@H]2c3c(C(F)(F)F)nn(CC(=O)N[C@@H](Cc4cc(F)cc(F)c4)c4nc(C#CC(C)(C)O)ccc4-c4cnc5[nH]ccc5c4F)c3C(F)(F)[C@H]12. The van der Waals surface area contributed by atoms with Crippen LogP contribution in [0.15, 0.2) is 60.9 Å². The van der Waals surface area contributed by atoms with Gasteiger partial charge in [0.25, 0.3) is 5.92 Å². The number of benzene rings is 1. The van der Waals surface area contributed by atoms with E-state index in [1.165, 1.54) is 44.4 Å².